The van der Waals surface area contributed by atoms with Gasteiger partial charge in [0.15, 0.2) is 6.61 Å². The zero-order valence-electron chi connectivity index (χ0n) is 13.3. The maximum Gasteiger partial charge on any atom is 0.261 e. The molecule has 0 saturated heterocycles. The minimum atomic E-state index is -0.202. The summed E-state index contributed by atoms with van der Waals surface area (Å²) in [5, 5.41) is 8.08. The lowest BCUT2D eigenvalue weighted by atomic mass is 10.2. The molecule has 0 atom stereocenters. The van der Waals surface area contributed by atoms with Gasteiger partial charge in [0, 0.05) is 18.1 Å². The maximum absolute atomic E-state index is 11.7. The van der Waals surface area contributed by atoms with Gasteiger partial charge in [-0.1, -0.05) is 17.7 Å². The van der Waals surface area contributed by atoms with Gasteiger partial charge in [0.2, 0.25) is 0 Å². The largest absolute Gasteiger partial charge is 0.484 e. The highest BCUT2D eigenvalue weighted by Crippen LogP contribution is 2.20. The molecule has 0 fully saturated rings. The van der Waals surface area contributed by atoms with Crippen LogP contribution < -0.4 is 15.4 Å². The first-order chi connectivity index (χ1) is 11.6. The number of benzene rings is 1. The SMILES string of the molecule is Cc1cc(OCC(=O)NCCCNC(=O)c2cccs2)ccc1Cl. The maximum atomic E-state index is 11.7. The Balaban J connectivity index is 1.58. The van der Waals surface area contributed by atoms with E-state index in [1.165, 1.54) is 11.3 Å². The zero-order chi connectivity index (χ0) is 17.4. The number of ether oxygens (including phenoxy) is 1. The van der Waals surface area contributed by atoms with Crippen molar-refractivity contribution < 1.29 is 14.3 Å². The monoisotopic (exact) mass is 366 g/mol. The smallest absolute Gasteiger partial charge is 0.261 e. The second-order valence-corrected chi connectivity index (χ2v) is 6.49. The predicted molar refractivity (Wildman–Crippen MR) is 96.0 cm³/mol. The number of carbonyl (C=O) groups excluding carboxylic acids is 2. The van der Waals surface area contributed by atoms with Gasteiger partial charge in [0.05, 0.1) is 4.88 Å². The molecule has 0 bridgehead atoms. The Bertz CT molecular complexity index is 689. The molecule has 0 saturated carbocycles. The molecule has 2 rings (SSSR count). The molecule has 7 heteroatoms. The average molecular weight is 367 g/mol. The summed E-state index contributed by atoms with van der Waals surface area (Å²) >= 11 is 7.33. The molecule has 1 heterocycles. The van der Waals surface area contributed by atoms with Crippen molar-refractivity contribution in [2.45, 2.75) is 13.3 Å². The number of thiophene rings is 1. The Hall–Kier alpha value is -2.05. The minimum Gasteiger partial charge on any atom is -0.484 e. The second kappa shape index (κ2) is 9.30. The first-order valence-electron chi connectivity index (χ1n) is 7.53. The quantitative estimate of drug-likeness (QED) is 0.706. The molecule has 0 aliphatic heterocycles. The number of hydrogen-bond acceptors (Lipinski definition) is 4. The summed E-state index contributed by atoms with van der Waals surface area (Å²) in [7, 11) is 0. The van der Waals surface area contributed by atoms with Crippen molar-refractivity contribution in [1.82, 2.24) is 10.6 Å². The summed E-state index contributed by atoms with van der Waals surface area (Å²) in [6.45, 7) is 2.81. The van der Waals surface area contributed by atoms with Crippen molar-refractivity contribution in [2.24, 2.45) is 0 Å². The second-order valence-electron chi connectivity index (χ2n) is 5.14. The highest BCUT2D eigenvalue weighted by atomic mass is 35.5. The minimum absolute atomic E-state index is 0.0529. The van der Waals surface area contributed by atoms with E-state index in [4.69, 9.17) is 16.3 Å². The van der Waals surface area contributed by atoms with Crippen LogP contribution in [0.2, 0.25) is 5.02 Å². The van der Waals surface area contributed by atoms with Crippen molar-refractivity contribution in [3.05, 3.63) is 51.2 Å². The molecular weight excluding hydrogens is 348 g/mol. The highest BCUT2D eigenvalue weighted by molar-refractivity contribution is 7.12. The van der Waals surface area contributed by atoms with Crippen LogP contribution in [-0.2, 0) is 4.79 Å². The van der Waals surface area contributed by atoms with Crippen molar-refractivity contribution in [3.63, 3.8) is 0 Å². The lowest BCUT2D eigenvalue weighted by Gasteiger charge is -2.09. The van der Waals surface area contributed by atoms with Crippen molar-refractivity contribution >= 4 is 34.8 Å². The van der Waals surface area contributed by atoms with Crippen LogP contribution in [0.25, 0.3) is 0 Å². The van der Waals surface area contributed by atoms with Crippen LogP contribution in [0.15, 0.2) is 35.7 Å². The summed E-state index contributed by atoms with van der Waals surface area (Å²) in [6, 6.07) is 8.86. The first kappa shape index (κ1) is 18.3. The fourth-order valence-electron chi connectivity index (χ4n) is 1.92. The summed E-state index contributed by atoms with van der Waals surface area (Å²) in [4.78, 5) is 24.1. The van der Waals surface area contributed by atoms with Crippen molar-refractivity contribution in [3.8, 4) is 5.75 Å². The fraction of sp³-hybridized carbons (Fsp3) is 0.294. The van der Waals surface area contributed by atoms with Crippen LogP contribution >= 0.6 is 22.9 Å². The normalized spacial score (nSPS) is 10.2. The molecule has 5 nitrogen and oxygen atoms in total. The fourth-order valence-corrected chi connectivity index (χ4v) is 2.68. The Morgan fingerprint density at radius 1 is 1.21 bits per heavy atom. The number of halogens is 1. The molecule has 0 unspecified atom stereocenters. The van der Waals surface area contributed by atoms with E-state index in [1.54, 1.807) is 24.3 Å². The topological polar surface area (TPSA) is 67.4 Å². The van der Waals surface area contributed by atoms with E-state index < -0.39 is 0 Å². The van der Waals surface area contributed by atoms with Crippen molar-refractivity contribution in [1.29, 1.82) is 0 Å². The number of nitrogens with one attached hydrogen (secondary N) is 2. The molecule has 128 valence electrons. The Morgan fingerprint density at radius 2 is 2.00 bits per heavy atom. The molecule has 0 aliphatic carbocycles. The third-order valence-corrected chi connectivity index (χ3v) is 4.50. The van der Waals surface area contributed by atoms with E-state index in [0.29, 0.717) is 35.2 Å². The molecule has 1 aromatic heterocycles. The van der Waals surface area contributed by atoms with E-state index in [-0.39, 0.29) is 18.4 Å². The summed E-state index contributed by atoms with van der Waals surface area (Å²) < 4.78 is 5.41. The molecule has 1 aromatic carbocycles. The number of hydrogen-bond donors (Lipinski definition) is 2. The molecule has 2 aromatic rings. The highest BCUT2D eigenvalue weighted by Gasteiger charge is 2.06. The van der Waals surface area contributed by atoms with E-state index in [9.17, 15) is 9.59 Å². The predicted octanol–water partition coefficient (Wildman–Crippen LogP) is 3.03. The third kappa shape index (κ3) is 5.86. The number of carbonyl (C=O) groups is 2. The third-order valence-electron chi connectivity index (χ3n) is 3.21. The summed E-state index contributed by atoms with van der Waals surface area (Å²) in [6.07, 6.45) is 0.656. The lowest BCUT2D eigenvalue weighted by molar-refractivity contribution is -0.123. The van der Waals surface area contributed by atoms with Crippen LogP contribution in [0.1, 0.15) is 21.7 Å². The Kier molecular flexibility index (Phi) is 7.08. The Morgan fingerprint density at radius 3 is 2.71 bits per heavy atom. The van der Waals surface area contributed by atoms with Gasteiger partial charge in [0.25, 0.3) is 11.8 Å². The summed E-state index contributed by atoms with van der Waals surface area (Å²) in [5.41, 5.74) is 0.899. The van der Waals surface area contributed by atoms with Gasteiger partial charge >= 0.3 is 0 Å². The molecular formula is C17H19ClN2O3S. The molecule has 24 heavy (non-hydrogen) atoms. The number of rotatable bonds is 8. The van der Waals surface area contributed by atoms with Crippen molar-refractivity contribution in [2.75, 3.05) is 19.7 Å². The van der Waals surface area contributed by atoms with Crippen LogP contribution in [0, 0.1) is 6.92 Å². The zero-order valence-corrected chi connectivity index (χ0v) is 14.9. The van der Waals surface area contributed by atoms with Crippen LogP contribution in [-0.4, -0.2) is 31.5 Å². The molecule has 2 N–H and O–H groups in total. The van der Waals surface area contributed by atoms with E-state index >= 15 is 0 Å². The Labute approximate surface area is 150 Å². The van der Waals surface area contributed by atoms with Crippen LogP contribution in [0.4, 0.5) is 0 Å². The van der Waals surface area contributed by atoms with Crippen LogP contribution in [0.5, 0.6) is 5.75 Å². The van der Waals surface area contributed by atoms with Gasteiger partial charge < -0.3 is 15.4 Å². The number of amides is 2. The molecule has 0 radical (unpaired) electrons. The van der Waals surface area contributed by atoms with E-state index in [1.807, 2.05) is 18.4 Å². The first-order valence-corrected chi connectivity index (χ1v) is 8.79. The van der Waals surface area contributed by atoms with Gasteiger partial charge in [-0.3, -0.25) is 9.59 Å². The van der Waals surface area contributed by atoms with Gasteiger partial charge in [-0.15, -0.1) is 11.3 Å². The summed E-state index contributed by atoms with van der Waals surface area (Å²) in [5.74, 6) is 0.320. The van der Waals surface area contributed by atoms with Gasteiger partial charge in [-0.05, 0) is 48.6 Å². The van der Waals surface area contributed by atoms with Gasteiger partial charge in [-0.2, -0.15) is 0 Å². The molecule has 0 aliphatic rings. The molecule has 0 spiro atoms. The average Bonchev–Trinajstić information content (AvgIpc) is 3.10. The van der Waals surface area contributed by atoms with E-state index in [2.05, 4.69) is 10.6 Å². The van der Waals surface area contributed by atoms with Gasteiger partial charge in [-0.25, -0.2) is 0 Å². The molecule has 2 amide bonds. The number of aryl methyl sites for hydroxylation is 1. The lowest BCUT2D eigenvalue weighted by Crippen LogP contribution is -2.32. The standard InChI is InChI=1S/C17H19ClN2O3S/c1-12-10-13(5-6-14(12)18)23-11-16(21)19-7-3-8-20-17(22)15-4-2-9-24-15/h2,4-6,9-10H,3,7-8,11H2,1H3,(H,19,21)(H,20,22). The van der Waals surface area contributed by atoms with Crippen LogP contribution in [0.3, 0.4) is 0 Å². The van der Waals surface area contributed by atoms with Gasteiger partial charge in [0.1, 0.15) is 5.75 Å². The van der Waals surface area contributed by atoms with E-state index in [0.717, 1.165) is 5.56 Å².